The van der Waals surface area contributed by atoms with Crippen molar-refractivity contribution in [3.8, 4) is 0 Å². The molecule has 1 fully saturated rings. The maximum atomic E-state index is 6.05. The van der Waals surface area contributed by atoms with E-state index in [2.05, 4.69) is 34.7 Å². The molecule has 1 aliphatic rings. The smallest absolute Gasteiger partial charge is 0.125 e. The molecular weight excluding hydrogens is 248 g/mol. The van der Waals surface area contributed by atoms with Gasteiger partial charge >= 0.3 is 0 Å². The Bertz CT molecular complexity index is 558. The van der Waals surface area contributed by atoms with Gasteiger partial charge in [0.05, 0.1) is 29.6 Å². The number of nitrogens with zero attached hydrogens (tertiary/aromatic N) is 2. The summed E-state index contributed by atoms with van der Waals surface area (Å²) in [5.41, 5.74) is 3.45. The number of aryl methyl sites for hydroxylation is 1. The second kappa shape index (κ2) is 4.90. The van der Waals surface area contributed by atoms with Gasteiger partial charge < -0.3 is 9.30 Å². The van der Waals surface area contributed by atoms with Gasteiger partial charge in [0.15, 0.2) is 0 Å². The van der Waals surface area contributed by atoms with Gasteiger partial charge in [-0.2, -0.15) is 0 Å². The summed E-state index contributed by atoms with van der Waals surface area (Å²) in [6.45, 7) is 3.73. The molecule has 0 aliphatic carbocycles. The molecule has 1 aliphatic heterocycles. The molecule has 18 heavy (non-hydrogen) atoms. The van der Waals surface area contributed by atoms with Gasteiger partial charge in [-0.05, 0) is 31.4 Å². The average Bonchev–Trinajstić information content (AvgIpc) is 2.80. The van der Waals surface area contributed by atoms with E-state index < -0.39 is 0 Å². The molecule has 2 aromatic rings. The van der Waals surface area contributed by atoms with E-state index >= 15 is 0 Å². The Morgan fingerprint density at radius 3 is 3.11 bits per heavy atom. The summed E-state index contributed by atoms with van der Waals surface area (Å²) >= 11 is 6.05. The number of hydrogen-bond acceptors (Lipinski definition) is 2. The third-order valence-electron chi connectivity index (χ3n) is 3.62. The van der Waals surface area contributed by atoms with Gasteiger partial charge in [0, 0.05) is 6.61 Å². The summed E-state index contributed by atoms with van der Waals surface area (Å²) < 4.78 is 7.87. The van der Waals surface area contributed by atoms with E-state index in [9.17, 15) is 0 Å². The molecule has 3 nitrogen and oxygen atoms in total. The van der Waals surface area contributed by atoms with Crippen molar-refractivity contribution >= 4 is 22.6 Å². The maximum absolute atomic E-state index is 6.05. The van der Waals surface area contributed by atoms with Gasteiger partial charge in [0.2, 0.25) is 0 Å². The Hall–Kier alpha value is -1.06. The second-order valence-electron chi connectivity index (χ2n) is 4.85. The number of hydrogen-bond donors (Lipinski definition) is 0. The van der Waals surface area contributed by atoms with Gasteiger partial charge in [-0.3, -0.25) is 0 Å². The van der Waals surface area contributed by atoms with Crippen LogP contribution < -0.4 is 0 Å². The molecule has 0 amide bonds. The van der Waals surface area contributed by atoms with E-state index in [1.807, 2.05) is 0 Å². The molecule has 4 heteroatoms. The molecule has 0 bridgehead atoms. The Kier molecular flexibility index (Phi) is 3.27. The van der Waals surface area contributed by atoms with Crippen molar-refractivity contribution in [3.63, 3.8) is 0 Å². The molecular formula is C14H17ClN2O. The van der Waals surface area contributed by atoms with Crippen molar-refractivity contribution in [2.45, 2.75) is 31.7 Å². The largest absolute Gasteiger partial charge is 0.379 e. The fourth-order valence-electron chi connectivity index (χ4n) is 2.73. The Morgan fingerprint density at radius 2 is 2.39 bits per heavy atom. The molecule has 1 atom stereocenters. The predicted molar refractivity (Wildman–Crippen MR) is 73.1 cm³/mol. The first-order valence-corrected chi connectivity index (χ1v) is 6.95. The van der Waals surface area contributed by atoms with Crippen LogP contribution in [0.1, 0.15) is 30.3 Å². The van der Waals surface area contributed by atoms with E-state index in [4.69, 9.17) is 16.3 Å². The van der Waals surface area contributed by atoms with Crippen molar-refractivity contribution in [2.24, 2.45) is 0 Å². The van der Waals surface area contributed by atoms with Crippen molar-refractivity contribution < 1.29 is 4.74 Å². The van der Waals surface area contributed by atoms with Crippen molar-refractivity contribution in [2.75, 3.05) is 13.2 Å². The minimum Gasteiger partial charge on any atom is -0.379 e. The first kappa shape index (κ1) is 12.0. The number of benzene rings is 1. The standard InChI is InChI=1S/C14H17ClN2O/c1-10-4-2-6-12-14(10)16-13(8-15)17(12)11-5-3-7-18-9-11/h2,4,6,11H,3,5,7-9H2,1H3. The third kappa shape index (κ3) is 1.91. The molecule has 0 saturated carbocycles. The van der Waals surface area contributed by atoms with Crippen molar-refractivity contribution in [1.29, 1.82) is 0 Å². The highest BCUT2D eigenvalue weighted by molar-refractivity contribution is 6.16. The van der Waals surface area contributed by atoms with E-state index in [0.29, 0.717) is 11.9 Å². The average molecular weight is 265 g/mol. The van der Waals surface area contributed by atoms with Crippen LogP contribution in [0.4, 0.5) is 0 Å². The SMILES string of the molecule is Cc1cccc2c1nc(CCl)n2C1CCCOC1. The molecule has 1 aromatic heterocycles. The lowest BCUT2D eigenvalue weighted by molar-refractivity contribution is 0.0597. The minimum absolute atomic E-state index is 0.374. The zero-order valence-electron chi connectivity index (χ0n) is 10.5. The highest BCUT2D eigenvalue weighted by Crippen LogP contribution is 2.28. The molecule has 1 unspecified atom stereocenters. The number of ether oxygens (including phenoxy) is 1. The normalized spacial score (nSPS) is 20.4. The van der Waals surface area contributed by atoms with Crippen molar-refractivity contribution in [1.82, 2.24) is 9.55 Å². The van der Waals surface area contributed by atoms with Crippen LogP contribution >= 0.6 is 11.6 Å². The van der Waals surface area contributed by atoms with Crippen LogP contribution in [0, 0.1) is 6.92 Å². The fourth-order valence-corrected chi connectivity index (χ4v) is 2.92. The number of alkyl halides is 1. The summed E-state index contributed by atoms with van der Waals surface area (Å²) in [6.07, 6.45) is 2.25. The topological polar surface area (TPSA) is 27.1 Å². The number of para-hydroxylation sites is 1. The lowest BCUT2D eigenvalue weighted by Gasteiger charge is -2.25. The Balaban J connectivity index is 2.16. The van der Waals surface area contributed by atoms with Crippen LogP contribution in [0.25, 0.3) is 11.0 Å². The second-order valence-corrected chi connectivity index (χ2v) is 5.11. The first-order chi connectivity index (χ1) is 8.81. The van der Waals surface area contributed by atoms with Crippen LogP contribution in [0.5, 0.6) is 0 Å². The van der Waals surface area contributed by atoms with Gasteiger partial charge in [-0.25, -0.2) is 4.98 Å². The quantitative estimate of drug-likeness (QED) is 0.777. The van der Waals surface area contributed by atoms with Gasteiger partial charge in [-0.15, -0.1) is 11.6 Å². The van der Waals surface area contributed by atoms with Crippen LogP contribution in [0.2, 0.25) is 0 Å². The molecule has 1 aromatic carbocycles. The van der Waals surface area contributed by atoms with Crippen molar-refractivity contribution in [3.05, 3.63) is 29.6 Å². The van der Waals surface area contributed by atoms with Crippen LogP contribution in [-0.4, -0.2) is 22.8 Å². The molecule has 96 valence electrons. The third-order valence-corrected chi connectivity index (χ3v) is 3.85. The monoisotopic (exact) mass is 264 g/mol. The highest BCUT2D eigenvalue weighted by atomic mass is 35.5. The predicted octanol–water partition coefficient (Wildman–Crippen LogP) is 3.44. The van der Waals surface area contributed by atoms with E-state index in [-0.39, 0.29) is 0 Å². The molecule has 0 N–H and O–H groups in total. The van der Waals surface area contributed by atoms with E-state index in [1.54, 1.807) is 0 Å². The van der Waals surface area contributed by atoms with Crippen LogP contribution in [-0.2, 0) is 10.6 Å². The molecule has 0 spiro atoms. The number of fused-ring (bicyclic) bond motifs is 1. The number of aromatic nitrogens is 2. The summed E-state index contributed by atoms with van der Waals surface area (Å²) in [5, 5.41) is 0. The van der Waals surface area contributed by atoms with Gasteiger partial charge in [0.1, 0.15) is 5.82 Å². The van der Waals surface area contributed by atoms with Crippen LogP contribution in [0.3, 0.4) is 0 Å². The molecule has 1 saturated heterocycles. The molecule has 3 rings (SSSR count). The fraction of sp³-hybridized carbons (Fsp3) is 0.500. The number of halogens is 1. The van der Waals surface area contributed by atoms with Gasteiger partial charge in [-0.1, -0.05) is 12.1 Å². The zero-order valence-corrected chi connectivity index (χ0v) is 11.3. The Morgan fingerprint density at radius 1 is 1.50 bits per heavy atom. The summed E-state index contributed by atoms with van der Waals surface area (Å²) in [6, 6.07) is 6.67. The minimum atomic E-state index is 0.374. The molecule has 0 radical (unpaired) electrons. The maximum Gasteiger partial charge on any atom is 0.125 e. The first-order valence-electron chi connectivity index (χ1n) is 6.41. The number of rotatable bonds is 2. The van der Waals surface area contributed by atoms with E-state index in [0.717, 1.165) is 37.4 Å². The van der Waals surface area contributed by atoms with Crippen LogP contribution in [0.15, 0.2) is 18.2 Å². The summed E-state index contributed by atoms with van der Waals surface area (Å²) in [5.74, 6) is 1.40. The number of imidazole rings is 1. The lowest BCUT2D eigenvalue weighted by atomic mass is 10.1. The molecule has 2 heterocycles. The van der Waals surface area contributed by atoms with E-state index in [1.165, 1.54) is 11.1 Å². The lowest BCUT2D eigenvalue weighted by Crippen LogP contribution is -2.22. The zero-order chi connectivity index (χ0) is 12.5. The Labute approximate surface area is 112 Å². The summed E-state index contributed by atoms with van der Waals surface area (Å²) in [4.78, 5) is 4.68. The highest BCUT2D eigenvalue weighted by Gasteiger charge is 2.21. The summed E-state index contributed by atoms with van der Waals surface area (Å²) in [7, 11) is 0. The van der Waals surface area contributed by atoms with Gasteiger partial charge in [0.25, 0.3) is 0 Å².